The lowest BCUT2D eigenvalue weighted by atomic mass is 10.1. The van der Waals surface area contributed by atoms with Crippen LogP contribution in [0.25, 0.3) is 0 Å². The zero-order valence-electron chi connectivity index (χ0n) is 12.5. The molecule has 112 valence electrons. The van der Waals surface area contributed by atoms with Crippen molar-refractivity contribution >= 4 is 17.3 Å². The van der Waals surface area contributed by atoms with Crippen LogP contribution in [0, 0.1) is 6.92 Å². The number of hydrogen-bond acceptors (Lipinski definition) is 5. The van der Waals surface area contributed by atoms with Crippen molar-refractivity contribution in [1.29, 1.82) is 0 Å². The molecule has 0 amide bonds. The first kappa shape index (κ1) is 15.0. The van der Waals surface area contributed by atoms with Crippen molar-refractivity contribution in [2.45, 2.75) is 26.8 Å². The lowest BCUT2D eigenvalue weighted by Gasteiger charge is -2.14. The van der Waals surface area contributed by atoms with Crippen molar-refractivity contribution in [3.63, 3.8) is 0 Å². The van der Waals surface area contributed by atoms with Gasteiger partial charge in [0.15, 0.2) is 0 Å². The molecule has 0 aliphatic rings. The summed E-state index contributed by atoms with van der Waals surface area (Å²) < 4.78 is 10.6. The number of anilines is 2. The Bertz CT molecular complexity index is 634. The lowest BCUT2D eigenvalue weighted by Crippen LogP contribution is -2.10. The first-order valence-electron chi connectivity index (χ1n) is 6.90. The number of aryl methyl sites for hydroxylation is 1. The molecule has 0 fully saturated rings. The van der Waals surface area contributed by atoms with Crippen molar-refractivity contribution in [3.8, 4) is 0 Å². The van der Waals surface area contributed by atoms with Gasteiger partial charge in [-0.25, -0.2) is 4.79 Å². The summed E-state index contributed by atoms with van der Waals surface area (Å²) in [6, 6.07) is 9.04. The fourth-order valence-electron chi connectivity index (χ4n) is 2.04. The maximum atomic E-state index is 11.8. The highest BCUT2D eigenvalue weighted by Crippen LogP contribution is 2.24. The summed E-state index contributed by atoms with van der Waals surface area (Å²) in [5, 5.41) is 3.28. The van der Waals surface area contributed by atoms with E-state index in [-0.39, 0.29) is 6.04 Å². The van der Waals surface area contributed by atoms with Gasteiger partial charge < -0.3 is 20.2 Å². The maximum Gasteiger partial charge on any atom is 0.340 e. The minimum Gasteiger partial charge on any atom is -0.464 e. The second-order valence-corrected chi connectivity index (χ2v) is 4.84. The second-order valence-electron chi connectivity index (χ2n) is 4.84. The molecule has 1 aromatic heterocycles. The number of carbonyl (C=O) groups is 1. The Morgan fingerprint density at radius 2 is 2.14 bits per heavy atom. The fraction of sp³-hybridized carbons (Fsp3) is 0.312. The molecule has 0 aliphatic heterocycles. The van der Waals surface area contributed by atoms with Crippen LogP contribution < -0.4 is 11.1 Å². The largest absolute Gasteiger partial charge is 0.464 e. The van der Waals surface area contributed by atoms with Gasteiger partial charge in [-0.05, 0) is 51.1 Å². The van der Waals surface area contributed by atoms with Crippen molar-refractivity contribution in [2.75, 3.05) is 17.7 Å². The third-order valence-electron chi connectivity index (χ3n) is 3.12. The number of rotatable bonds is 5. The van der Waals surface area contributed by atoms with Gasteiger partial charge in [0.1, 0.15) is 11.5 Å². The van der Waals surface area contributed by atoms with E-state index in [1.807, 2.05) is 32.0 Å². The third-order valence-corrected chi connectivity index (χ3v) is 3.12. The Morgan fingerprint density at radius 1 is 1.38 bits per heavy atom. The van der Waals surface area contributed by atoms with Crippen LogP contribution in [-0.2, 0) is 4.74 Å². The Morgan fingerprint density at radius 3 is 2.76 bits per heavy atom. The summed E-state index contributed by atoms with van der Waals surface area (Å²) in [7, 11) is 0. The number of carbonyl (C=O) groups excluding carboxylic acids is 1. The number of furan rings is 1. The molecule has 1 atom stereocenters. The predicted molar refractivity (Wildman–Crippen MR) is 82.3 cm³/mol. The monoisotopic (exact) mass is 288 g/mol. The smallest absolute Gasteiger partial charge is 0.340 e. The molecule has 5 heteroatoms. The molecule has 21 heavy (non-hydrogen) atoms. The van der Waals surface area contributed by atoms with Gasteiger partial charge in [-0.1, -0.05) is 0 Å². The Labute approximate surface area is 124 Å². The molecule has 0 bridgehead atoms. The van der Waals surface area contributed by atoms with E-state index in [4.69, 9.17) is 14.9 Å². The van der Waals surface area contributed by atoms with Crippen LogP contribution in [0.1, 0.15) is 41.8 Å². The minimum atomic E-state index is -0.417. The molecule has 1 unspecified atom stereocenters. The molecule has 0 saturated heterocycles. The van der Waals surface area contributed by atoms with E-state index in [2.05, 4.69) is 5.32 Å². The number of nitrogens with one attached hydrogen (secondary N) is 1. The highest BCUT2D eigenvalue weighted by Gasteiger charge is 2.14. The summed E-state index contributed by atoms with van der Waals surface area (Å²) in [5.41, 5.74) is 7.37. The van der Waals surface area contributed by atoms with Crippen molar-refractivity contribution < 1.29 is 13.9 Å². The lowest BCUT2D eigenvalue weighted by molar-refractivity contribution is 0.0527. The zero-order chi connectivity index (χ0) is 15.4. The molecular weight excluding hydrogens is 268 g/mol. The van der Waals surface area contributed by atoms with Gasteiger partial charge in [0.2, 0.25) is 0 Å². The number of ether oxygens (including phenoxy) is 1. The van der Waals surface area contributed by atoms with Gasteiger partial charge in [0.25, 0.3) is 0 Å². The van der Waals surface area contributed by atoms with Crippen LogP contribution >= 0.6 is 0 Å². The first-order valence-corrected chi connectivity index (χ1v) is 6.90. The average Bonchev–Trinajstić information content (AvgIpc) is 2.88. The van der Waals surface area contributed by atoms with Crippen LogP contribution in [0.5, 0.6) is 0 Å². The Kier molecular flexibility index (Phi) is 4.52. The molecule has 2 rings (SSSR count). The third kappa shape index (κ3) is 3.56. The van der Waals surface area contributed by atoms with E-state index in [0.29, 0.717) is 17.9 Å². The first-order chi connectivity index (χ1) is 10.0. The van der Waals surface area contributed by atoms with E-state index in [1.165, 1.54) is 0 Å². The van der Waals surface area contributed by atoms with Crippen LogP contribution in [0.3, 0.4) is 0 Å². The number of esters is 1. The molecule has 5 nitrogen and oxygen atoms in total. The molecule has 0 spiro atoms. The van der Waals surface area contributed by atoms with Crippen LogP contribution in [0.15, 0.2) is 34.7 Å². The van der Waals surface area contributed by atoms with Gasteiger partial charge in [-0.15, -0.1) is 0 Å². The number of hydrogen-bond donors (Lipinski definition) is 2. The standard InChI is InChI=1S/C16H20N2O3/c1-4-20-16(19)13-9-12(6-7-14(13)17)18-11(3)15-8-5-10(2)21-15/h5-9,11,18H,4,17H2,1-3H3. The summed E-state index contributed by atoms with van der Waals surface area (Å²) in [4.78, 5) is 11.8. The summed E-state index contributed by atoms with van der Waals surface area (Å²) in [5.74, 6) is 1.28. The van der Waals surface area contributed by atoms with Crippen LogP contribution in [-0.4, -0.2) is 12.6 Å². The van der Waals surface area contributed by atoms with Crippen LogP contribution in [0.4, 0.5) is 11.4 Å². The quantitative estimate of drug-likeness (QED) is 0.650. The molecule has 0 radical (unpaired) electrons. The highest BCUT2D eigenvalue weighted by molar-refractivity contribution is 5.96. The fourth-order valence-corrected chi connectivity index (χ4v) is 2.04. The summed E-state index contributed by atoms with van der Waals surface area (Å²) in [6.45, 7) is 5.96. The zero-order valence-corrected chi connectivity index (χ0v) is 12.5. The van der Waals surface area contributed by atoms with Gasteiger partial charge in [-0.2, -0.15) is 0 Å². The van der Waals surface area contributed by atoms with Gasteiger partial charge in [0, 0.05) is 11.4 Å². The molecule has 0 saturated carbocycles. The van der Waals surface area contributed by atoms with Crippen molar-refractivity contribution in [3.05, 3.63) is 47.4 Å². The second kappa shape index (κ2) is 6.35. The molecule has 1 aromatic carbocycles. The Balaban J connectivity index is 2.17. The maximum absolute atomic E-state index is 11.8. The average molecular weight is 288 g/mol. The highest BCUT2D eigenvalue weighted by atomic mass is 16.5. The number of nitrogen functional groups attached to an aromatic ring is 1. The van der Waals surface area contributed by atoms with Crippen molar-refractivity contribution in [2.24, 2.45) is 0 Å². The van der Waals surface area contributed by atoms with Gasteiger partial charge in [0.05, 0.1) is 18.2 Å². The SMILES string of the molecule is CCOC(=O)c1cc(NC(C)c2ccc(C)o2)ccc1N. The summed E-state index contributed by atoms with van der Waals surface area (Å²) >= 11 is 0. The minimum absolute atomic E-state index is 0.0163. The molecule has 0 aliphatic carbocycles. The van der Waals surface area contributed by atoms with Gasteiger partial charge in [-0.3, -0.25) is 0 Å². The number of benzene rings is 1. The van der Waals surface area contributed by atoms with E-state index in [9.17, 15) is 4.79 Å². The molecule has 2 aromatic rings. The topological polar surface area (TPSA) is 77.5 Å². The molecular formula is C16H20N2O3. The Hall–Kier alpha value is -2.43. The van der Waals surface area contributed by atoms with Crippen LogP contribution in [0.2, 0.25) is 0 Å². The van der Waals surface area contributed by atoms with Crippen molar-refractivity contribution in [1.82, 2.24) is 0 Å². The summed E-state index contributed by atoms with van der Waals surface area (Å²) in [6.07, 6.45) is 0. The molecule has 3 N–H and O–H groups in total. The normalized spacial score (nSPS) is 12.0. The van der Waals surface area contributed by atoms with E-state index < -0.39 is 5.97 Å². The molecule has 1 heterocycles. The predicted octanol–water partition coefficient (Wildman–Crippen LogP) is 3.52. The van der Waals surface area contributed by atoms with E-state index in [1.54, 1.807) is 19.1 Å². The van der Waals surface area contributed by atoms with E-state index >= 15 is 0 Å². The van der Waals surface area contributed by atoms with Gasteiger partial charge >= 0.3 is 5.97 Å². The number of nitrogens with two attached hydrogens (primary N) is 1. The van der Waals surface area contributed by atoms with E-state index in [0.717, 1.165) is 17.2 Å².